The lowest BCUT2D eigenvalue weighted by molar-refractivity contribution is 0.712. The lowest BCUT2D eigenvalue weighted by Gasteiger charge is -2.15. The maximum absolute atomic E-state index is 3.44. The molecule has 0 spiro atoms. The molecule has 1 heterocycles. The van der Waals surface area contributed by atoms with Gasteiger partial charge in [0.05, 0.1) is 0 Å². The molecule has 2 aliphatic rings. The van der Waals surface area contributed by atoms with Crippen molar-refractivity contribution < 1.29 is 0 Å². The molecule has 0 saturated carbocycles. The Hall–Kier alpha value is -0.790. The molecule has 1 aliphatic carbocycles. The van der Waals surface area contributed by atoms with E-state index in [1.54, 1.807) is 11.1 Å². The van der Waals surface area contributed by atoms with E-state index < -0.39 is 0 Å². The molecule has 14 heavy (non-hydrogen) atoms. The van der Waals surface area contributed by atoms with Gasteiger partial charge in [-0.2, -0.15) is 0 Å². The molecule has 74 valence electrons. The van der Waals surface area contributed by atoms with Crippen molar-refractivity contribution in [3.05, 3.63) is 41.0 Å². The molecule has 0 fully saturated rings. The largest absolute Gasteiger partial charge is 0.312 e. The Morgan fingerprint density at radius 3 is 2.93 bits per heavy atom. The van der Waals surface area contributed by atoms with Gasteiger partial charge in [0.2, 0.25) is 0 Å². The van der Waals surface area contributed by atoms with Crippen molar-refractivity contribution in [1.82, 2.24) is 5.32 Å². The molecule has 3 rings (SSSR count). The Morgan fingerprint density at radius 2 is 2.00 bits per heavy atom. The summed E-state index contributed by atoms with van der Waals surface area (Å²) in [5.74, 6) is 0. The van der Waals surface area contributed by atoms with Crippen LogP contribution in [0, 0.1) is 0 Å². The Balaban J connectivity index is 0.000000750. The molecular weight excluding hydrogens is 194 g/mol. The third-order valence-electron chi connectivity index (χ3n) is 3.08. The van der Waals surface area contributed by atoms with Gasteiger partial charge in [0, 0.05) is 6.54 Å². The smallest absolute Gasteiger partial charge is 0.0211 e. The first kappa shape index (κ1) is 9.75. The van der Waals surface area contributed by atoms with E-state index in [1.165, 1.54) is 24.0 Å². The van der Waals surface area contributed by atoms with E-state index in [9.17, 15) is 0 Å². The van der Waals surface area contributed by atoms with Crippen molar-refractivity contribution in [3.8, 4) is 0 Å². The molecule has 1 aromatic carbocycles. The first-order valence-corrected chi connectivity index (χ1v) is 4.95. The Bertz CT molecular complexity index is 382. The Morgan fingerprint density at radius 1 is 1.14 bits per heavy atom. The van der Waals surface area contributed by atoms with E-state index in [0.717, 1.165) is 13.1 Å². The van der Waals surface area contributed by atoms with Crippen molar-refractivity contribution in [1.29, 1.82) is 0 Å². The number of benzene rings is 1. The molecule has 0 aromatic heterocycles. The lowest BCUT2D eigenvalue weighted by Crippen LogP contribution is -2.22. The van der Waals surface area contributed by atoms with Crippen LogP contribution in [-0.2, 0) is 6.42 Å². The topological polar surface area (TPSA) is 12.0 Å². The molecule has 1 aliphatic heterocycles. The third-order valence-corrected chi connectivity index (χ3v) is 3.08. The van der Waals surface area contributed by atoms with Crippen LogP contribution in [0.25, 0.3) is 5.57 Å². The Labute approximate surface area is 90.6 Å². The molecule has 1 nitrogen and oxygen atoms in total. The van der Waals surface area contributed by atoms with E-state index >= 15 is 0 Å². The van der Waals surface area contributed by atoms with Gasteiger partial charge in [-0.3, -0.25) is 0 Å². The zero-order chi connectivity index (χ0) is 8.67. The highest BCUT2D eigenvalue weighted by Gasteiger charge is 2.22. The molecule has 0 unspecified atom stereocenters. The second-order valence-corrected chi connectivity index (χ2v) is 3.84. The molecule has 0 radical (unpaired) electrons. The molecular formula is C12H14ClN. The van der Waals surface area contributed by atoms with Crippen LogP contribution in [-0.4, -0.2) is 13.1 Å². The maximum Gasteiger partial charge on any atom is 0.0211 e. The van der Waals surface area contributed by atoms with Crippen LogP contribution in [0.1, 0.15) is 17.5 Å². The van der Waals surface area contributed by atoms with Gasteiger partial charge < -0.3 is 5.32 Å². The van der Waals surface area contributed by atoms with E-state index in [0.29, 0.717) is 0 Å². The molecule has 0 atom stereocenters. The first-order chi connectivity index (χ1) is 6.45. The van der Waals surface area contributed by atoms with Crippen LogP contribution in [0.4, 0.5) is 0 Å². The van der Waals surface area contributed by atoms with Crippen molar-refractivity contribution in [2.24, 2.45) is 0 Å². The summed E-state index contributed by atoms with van der Waals surface area (Å²) in [6.07, 6.45) is 2.44. The zero-order valence-corrected chi connectivity index (χ0v) is 8.86. The van der Waals surface area contributed by atoms with Crippen LogP contribution in [0.3, 0.4) is 0 Å². The van der Waals surface area contributed by atoms with Crippen molar-refractivity contribution in [2.45, 2.75) is 12.8 Å². The van der Waals surface area contributed by atoms with Gasteiger partial charge >= 0.3 is 0 Å². The second-order valence-electron chi connectivity index (χ2n) is 3.84. The minimum Gasteiger partial charge on any atom is -0.312 e. The van der Waals surface area contributed by atoms with Gasteiger partial charge in [-0.15, -0.1) is 12.4 Å². The average molecular weight is 208 g/mol. The third kappa shape index (κ3) is 1.37. The van der Waals surface area contributed by atoms with Crippen LogP contribution >= 0.6 is 12.4 Å². The van der Waals surface area contributed by atoms with E-state index in [4.69, 9.17) is 0 Å². The van der Waals surface area contributed by atoms with Gasteiger partial charge in [-0.25, -0.2) is 0 Å². The average Bonchev–Trinajstić information content (AvgIpc) is 2.56. The normalized spacial score (nSPS) is 18.6. The van der Waals surface area contributed by atoms with Gasteiger partial charge in [-0.05, 0) is 36.1 Å². The summed E-state index contributed by atoms with van der Waals surface area (Å²) in [6.45, 7) is 2.24. The predicted octanol–water partition coefficient (Wildman–Crippen LogP) is 2.41. The molecule has 1 aromatic rings. The van der Waals surface area contributed by atoms with E-state index in [-0.39, 0.29) is 12.4 Å². The van der Waals surface area contributed by atoms with Crippen LogP contribution in [0.5, 0.6) is 0 Å². The van der Waals surface area contributed by atoms with Gasteiger partial charge in [-0.1, -0.05) is 29.8 Å². The van der Waals surface area contributed by atoms with E-state index in [1.807, 2.05) is 0 Å². The van der Waals surface area contributed by atoms with Crippen LogP contribution < -0.4 is 5.32 Å². The number of rotatable bonds is 0. The summed E-state index contributed by atoms with van der Waals surface area (Å²) in [5, 5.41) is 3.44. The number of hydrogen-bond acceptors (Lipinski definition) is 1. The van der Waals surface area contributed by atoms with Gasteiger partial charge in [0.15, 0.2) is 0 Å². The lowest BCUT2D eigenvalue weighted by atomic mass is 10.0. The zero-order valence-electron chi connectivity index (χ0n) is 8.05. The summed E-state index contributed by atoms with van der Waals surface area (Å²) in [5.41, 5.74) is 6.25. The summed E-state index contributed by atoms with van der Waals surface area (Å²) < 4.78 is 0. The van der Waals surface area contributed by atoms with Gasteiger partial charge in [0.25, 0.3) is 0 Å². The summed E-state index contributed by atoms with van der Waals surface area (Å²) in [7, 11) is 0. The summed E-state index contributed by atoms with van der Waals surface area (Å²) in [6, 6.07) is 8.80. The predicted molar refractivity (Wildman–Crippen MR) is 61.8 cm³/mol. The quantitative estimate of drug-likeness (QED) is 0.689. The number of halogens is 1. The minimum atomic E-state index is 0. The number of nitrogens with one attached hydrogen (secondary N) is 1. The highest BCUT2D eigenvalue weighted by atomic mass is 35.5. The maximum atomic E-state index is 3.44. The summed E-state index contributed by atoms with van der Waals surface area (Å²) >= 11 is 0. The molecule has 1 N–H and O–H groups in total. The minimum absolute atomic E-state index is 0. The SMILES string of the molecule is Cl.c1ccc2c(c1)CC1=C2CNCC1. The van der Waals surface area contributed by atoms with Crippen molar-refractivity contribution >= 4 is 18.0 Å². The molecule has 0 saturated heterocycles. The van der Waals surface area contributed by atoms with Crippen molar-refractivity contribution in [3.63, 3.8) is 0 Å². The highest BCUT2D eigenvalue weighted by molar-refractivity contribution is 5.85. The molecule has 0 amide bonds. The van der Waals surface area contributed by atoms with Crippen LogP contribution in [0.15, 0.2) is 29.8 Å². The molecule has 2 heteroatoms. The summed E-state index contributed by atoms with van der Waals surface area (Å²) in [4.78, 5) is 0. The van der Waals surface area contributed by atoms with E-state index in [2.05, 4.69) is 29.6 Å². The Kier molecular flexibility index (Phi) is 2.62. The van der Waals surface area contributed by atoms with Crippen LogP contribution in [0.2, 0.25) is 0 Å². The fourth-order valence-corrected chi connectivity index (χ4v) is 2.41. The standard InChI is InChI=1S/C12H13N.ClH/c1-2-4-11-9(3-1)7-10-5-6-13-8-12(10)11;/h1-4,13H,5-8H2;1H. The second kappa shape index (κ2) is 3.76. The van der Waals surface area contributed by atoms with Gasteiger partial charge in [0.1, 0.15) is 0 Å². The molecule has 0 bridgehead atoms. The van der Waals surface area contributed by atoms with Crippen molar-refractivity contribution in [2.75, 3.05) is 13.1 Å². The fourth-order valence-electron chi connectivity index (χ4n) is 2.41. The number of hydrogen-bond donors (Lipinski definition) is 1. The first-order valence-electron chi connectivity index (χ1n) is 4.95. The highest BCUT2D eigenvalue weighted by Crippen LogP contribution is 2.34. The monoisotopic (exact) mass is 207 g/mol. The number of fused-ring (bicyclic) bond motifs is 2. The fraction of sp³-hybridized carbons (Fsp3) is 0.333.